The number of rotatable bonds is 11. The molecule has 2 aromatic carbocycles. The van der Waals surface area contributed by atoms with Gasteiger partial charge in [0, 0.05) is 25.0 Å². The van der Waals surface area contributed by atoms with Gasteiger partial charge in [-0.1, -0.05) is 19.1 Å². The van der Waals surface area contributed by atoms with Gasteiger partial charge in [-0.25, -0.2) is 0 Å². The molecule has 150 valence electrons. The van der Waals surface area contributed by atoms with Crippen LogP contribution >= 0.6 is 0 Å². The van der Waals surface area contributed by atoms with E-state index < -0.39 is 17.1 Å². The second-order valence-electron chi connectivity index (χ2n) is 6.51. The molecule has 0 saturated carbocycles. The Morgan fingerprint density at radius 1 is 1.11 bits per heavy atom. The molecule has 28 heavy (non-hydrogen) atoms. The molecule has 0 saturated heterocycles. The summed E-state index contributed by atoms with van der Waals surface area (Å²) in [6, 6.07) is 13.4. The van der Waals surface area contributed by atoms with Crippen molar-refractivity contribution in [1.82, 2.24) is 0 Å². The molecule has 0 heterocycles. The summed E-state index contributed by atoms with van der Waals surface area (Å²) in [5, 5.41) is 20.6. The van der Waals surface area contributed by atoms with Crippen LogP contribution in [0, 0.1) is 10.1 Å². The molecule has 0 aromatic heterocycles. The first-order valence-electron chi connectivity index (χ1n) is 9.11. The van der Waals surface area contributed by atoms with Crippen LogP contribution in [-0.4, -0.2) is 29.0 Å². The fraction of sp³-hybridized carbons (Fsp3) is 0.381. The van der Waals surface area contributed by atoms with E-state index in [0.717, 1.165) is 11.3 Å². The monoisotopic (exact) mass is 387 g/mol. The molecule has 2 aromatic rings. The molecule has 2 rings (SSSR count). The zero-order chi connectivity index (χ0) is 20.5. The van der Waals surface area contributed by atoms with Crippen LogP contribution in [0.5, 0.6) is 5.75 Å². The van der Waals surface area contributed by atoms with E-state index >= 15 is 0 Å². The lowest BCUT2D eigenvalue weighted by atomic mass is 10.00. The number of carbonyl (C=O) groups excluding carboxylic acids is 1. The number of nitrogens with zero attached hydrogens (tertiary/aromatic N) is 1. The molecule has 0 spiro atoms. The van der Waals surface area contributed by atoms with E-state index in [4.69, 9.17) is 9.47 Å². The van der Waals surface area contributed by atoms with Gasteiger partial charge in [0.15, 0.2) is 0 Å². The average molecular weight is 387 g/mol. The Bertz CT molecular complexity index is 772. The fourth-order valence-electron chi connectivity index (χ4n) is 2.70. The number of methoxy groups -OCH3 is 1. The Hall–Kier alpha value is -2.77. The molecule has 0 aliphatic rings. The van der Waals surface area contributed by atoms with Crippen molar-refractivity contribution in [2.45, 2.75) is 45.0 Å². The number of hydrogen-bond acceptors (Lipinski definition) is 6. The Morgan fingerprint density at radius 2 is 1.75 bits per heavy atom. The second kappa shape index (κ2) is 10.5. The lowest BCUT2D eigenvalue weighted by Gasteiger charge is -2.19. The quantitative estimate of drug-likeness (QED) is 0.462. The van der Waals surface area contributed by atoms with E-state index in [0.29, 0.717) is 12.0 Å². The fourth-order valence-corrected chi connectivity index (χ4v) is 2.70. The van der Waals surface area contributed by atoms with Gasteiger partial charge < -0.3 is 14.6 Å². The van der Waals surface area contributed by atoms with E-state index in [-0.39, 0.29) is 30.9 Å². The van der Waals surface area contributed by atoms with Gasteiger partial charge in [0.2, 0.25) is 0 Å². The highest BCUT2D eigenvalue weighted by Gasteiger charge is 2.20. The molecular weight excluding hydrogens is 362 g/mol. The highest BCUT2D eigenvalue weighted by atomic mass is 16.6. The minimum absolute atomic E-state index is 0.0228. The van der Waals surface area contributed by atoms with E-state index in [1.807, 2.05) is 31.2 Å². The molecule has 0 radical (unpaired) electrons. The number of nitro groups is 1. The molecule has 0 bridgehead atoms. The number of nitro benzene ring substituents is 1. The third kappa shape index (κ3) is 6.44. The highest BCUT2D eigenvalue weighted by molar-refractivity contribution is 5.79. The number of aliphatic hydroxyl groups is 1. The second-order valence-corrected chi connectivity index (χ2v) is 6.51. The zero-order valence-corrected chi connectivity index (χ0v) is 16.0. The number of hydrogen-bond donors (Lipinski definition) is 1. The normalized spacial score (nSPS) is 13.0. The van der Waals surface area contributed by atoms with Gasteiger partial charge in [-0.15, -0.1) is 0 Å². The van der Waals surface area contributed by atoms with Gasteiger partial charge in [0.25, 0.3) is 5.69 Å². The standard InChI is InChI=1S/C21H25NO6/c1-3-18(23)12-19(24)13-21(16-6-8-17(9-7-16)22(25)26)28-14-15-4-10-20(27-2)11-5-15/h4-11,18,21,23H,3,12-14H2,1-2H3/t18-,21+/m1/s1. The first kappa shape index (κ1) is 21.5. The zero-order valence-electron chi connectivity index (χ0n) is 16.0. The summed E-state index contributed by atoms with van der Waals surface area (Å²) in [4.78, 5) is 22.7. The van der Waals surface area contributed by atoms with Crippen LogP contribution in [0.15, 0.2) is 48.5 Å². The summed E-state index contributed by atoms with van der Waals surface area (Å²) >= 11 is 0. The summed E-state index contributed by atoms with van der Waals surface area (Å²) in [5.74, 6) is 0.617. The summed E-state index contributed by atoms with van der Waals surface area (Å²) in [7, 11) is 1.59. The maximum atomic E-state index is 12.3. The van der Waals surface area contributed by atoms with Gasteiger partial charge in [0.05, 0.1) is 30.8 Å². The van der Waals surface area contributed by atoms with Gasteiger partial charge >= 0.3 is 0 Å². The molecule has 7 nitrogen and oxygen atoms in total. The number of Topliss-reactive ketones (excluding diaryl/α,β-unsaturated/α-hetero) is 1. The maximum Gasteiger partial charge on any atom is 0.269 e. The Morgan fingerprint density at radius 3 is 2.29 bits per heavy atom. The predicted octanol–water partition coefficient (Wildman–Crippen LogP) is 3.98. The molecule has 0 unspecified atom stereocenters. The first-order chi connectivity index (χ1) is 13.4. The summed E-state index contributed by atoms with van der Waals surface area (Å²) in [6.45, 7) is 2.08. The van der Waals surface area contributed by atoms with E-state index in [9.17, 15) is 20.0 Å². The van der Waals surface area contributed by atoms with Gasteiger partial charge in [0.1, 0.15) is 11.5 Å². The average Bonchev–Trinajstić information content (AvgIpc) is 2.71. The van der Waals surface area contributed by atoms with E-state index in [2.05, 4.69) is 0 Å². The Balaban J connectivity index is 2.12. The van der Waals surface area contributed by atoms with E-state index in [1.165, 1.54) is 12.1 Å². The molecule has 0 amide bonds. The third-order valence-corrected chi connectivity index (χ3v) is 4.43. The van der Waals surface area contributed by atoms with Gasteiger partial charge in [-0.05, 0) is 41.8 Å². The number of aliphatic hydroxyl groups excluding tert-OH is 1. The van der Waals surface area contributed by atoms with Gasteiger partial charge in [-0.3, -0.25) is 14.9 Å². The van der Waals surface area contributed by atoms with Gasteiger partial charge in [-0.2, -0.15) is 0 Å². The van der Waals surface area contributed by atoms with Crippen molar-refractivity contribution in [3.8, 4) is 5.75 Å². The molecule has 0 fully saturated rings. The molecule has 1 N–H and O–H groups in total. The lowest BCUT2D eigenvalue weighted by Crippen LogP contribution is -2.16. The van der Waals surface area contributed by atoms with E-state index in [1.54, 1.807) is 19.2 Å². The Labute approximate surface area is 164 Å². The lowest BCUT2D eigenvalue weighted by molar-refractivity contribution is -0.384. The minimum Gasteiger partial charge on any atom is -0.497 e. The van der Waals surface area contributed by atoms with Crippen LogP contribution in [0.2, 0.25) is 0 Å². The maximum absolute atomic E-state index is 12.3. The summed E-state index contributed by atoms with van der Waals surface area (Å²) in [6.07, 6.45) is -0.580. The van der Waals surface area contributed by atoms with Crippen LogP contribution in [0.3, 0.4) is 0 Å². The number of benzene rings is 2. The number of ketones is 1. The predicted molar refractivity (Wildman–Crippen MR) is 104 cm³/mol. The molecule has 0 aliphatic carbocycles. The number of ether oxygens (including phenoxy) is 2. The smallest absolute Gasteiger partial charge is 0.269 e. The third-order valence-electron chi connectivity index (χ3n) is 4.43. The van der Waals surface area contributed by atoms with Crippen molar-refractivity contribution in [1.29, 1.82) is 0 Å². The summed E-state index contributed by atoms with van der Waals surface area (Å²) < 4.78 is 11.1. The van der Waals surface area contributed by atoms with Crippen LogP contribution < -0.4 is 4.74 Å². The molecular formula is C21H25NO6. The number of non-ortho nitro benzene ring substituents is 1. The minimum atomic E-state index is -0.674. The van der Waals surface area contributed by atoms with Crippen LogP contribution in [0.4, 0.5) is 5.69 Å². The largest absolute Gasteiger partial charge is 0.497 e. The van der Waals surface area contributed by atoms with Crippen molar-refractivity contribution in [3.63, 3.8) is 0 Å². The molecule has 2 atom stereocenters. The topological polar surface area (TPSA) is 98.9 Å². The molecule has 0 aliphatic heterocycles. The van der Waals surface area contributed by atoms with Crippen LogP contribution in [0.25, 0.3) is 0 Å². The summed E-state index contributed by atoms with van der Waals surface area (Å²) in [5.41, 5.74) is 1.57. The van der Waals surface area contributed by atoms with Crippen molar-refractivity contribution in [3.05, 3.63) is 69.8 Å². The van der Waals surface area contributed by atoms with Crippen molar-refractivity contribution >= 4 is 11.5 Å². The molecule has 7 heteroatoms. The van der Waals surface area contributed by atoms with Crippen molar-refractivity contribution in [2.75, 3.05) is 7.11 Å². The Kier molecular flexibility index (Phi) is 8.10. The SMILES string of the molecule is CC[C@@H](O)CC(=O)C[C@H](OCc1ccc(OC)cc1)c1ccc([N+](=O)[O-])cc1. The van der Waals surface area contributed by atoms with Crippen molar-refractivity contribution in [2.24, 2.45) is 0 Å². The number of carbonyl (C=O) groups is 1. The van der Waals surface area contributed by atoms with Crippen LogP contribution in [0.1, 0.15) is 43.4 Å². The van der Waals surface area contributed by atoms with Crippen molar-refractivity contribution < 1.29 is 24.3 Å². The van der Waals surface area contributed by atoms with Crippen LogP contribution in [-0.2, 0) is 16.1 Å². The highest BCUT2D eigenvalue weighted by Crippen LogP contribution is 2.26. The first-order valence-corrected chi connectivity index (χ1v) is 9.11.